The van der Waals surface area contributed by atoms with Crippen LogP contribution in [0, 0.1) is 5.92 Å². The Labute approximate surface area is 82.3 Å². The lowest BCUT2D eigenvalue weighted by Crippen LogP contribution is -2.36. The number of thioether (sulfide) groups is 1. The molecule has 0 spiro atoms. The second-order valence-electron chi connectivity index (χ2n) is 2.81. The molecule has 13 heavy (non-hydrogen) atoms. The molecule has 1 atom stereocenters. The first-order valence-corrected chi connectivity index (χ1v) is 5.36. The molecule has 0 aliphatic rings. The molecule has 0 radical (unpaired) electrons. The maximum atomic E-state index is 11.3. The Morgan fingerprint density at radius 3 is 2.46 bits per heavy atom. The third-order valence-corrected chi connectivity index (χ3v) is 2.34. The summed E-state index contributed by atoms with van der Waals surface area (Å²) in [6.45, 7) is 2.00. The van der Waals surface area contributed by atoms with Crippen molar-refractivity contribution in [2.45, 2.75) is 6.92 Å². The van der Waals surface area contributed by atoms with Crippen molar-refractivity contribution in [2.24, 2.45) is 5.92 Å². The second-order valence-corrected chi connectivity index (χ2v) is 3.80. The molecule has 0 heterocycles. The number of nitrogens with zero attached hydrogens (tertiary/aromatic N) is 1. The summed E-state index contributed by atoms with van der Waals surface area (Å²) in [5.41, 5.74) is 0. The Morgan fingerprint density at radius 1 is 1.54 bits per heavy atom. The summed E-state index contributed by atoms with van der Waals surface area (Å²) in [6.07, 6.45) is 1.94. The molecular weight excluding hydrogens is 190 g/mol. The standard InChI is InChI=1S/C8H15NO3S/c1-6(8(11)12)7(10)9(2)4-5-13-3/h6H,4-5H2,1-3H3,(H,11,12). The number of rotatable bonds is 5. The van der Waals surface area contributed by atoms with Crippen LogP contribution in [0.1, 0.15) is 6.92 Å². The summed E-state index contributed by atoms with van der Waals surface area (Å²) >= 11 is 1.63. The Bertz CT molecular complexity index is 196. The molecule has 0 aromatic heterocycles. The van der Waals surface area contributed by atoms with E-state index < -0.39 is 11.9 Å². The number of carboxylic acids is 1. The van der Waals surface area contributed by atoms with Gasteiger partial charge in [0.2, 0.25) is 5.91 Å². The highest BCUT2D eigenvalue weighted by molar-refractivity contribution is 7.98. The fourth-order valence-electron chi connectivity index (χ4n) is 0.775. The summed E-state index contributed by atoms with van der Waals surface area (Å²) in [6, 6.07) is 0. The van der Waals surface area contributed by atoms with Gasteiger partial charge in [-0.25, -0.2) is 0 Å². The molecule has 0 aromatic carbocycles. The number of hydrogen-bond donors (Lipinski definition) is 1. The maximum Gasteiger partial charge on any atom is 0.315 e. The number of carbonyl (C=O) groups excluding carboxylic acids is 1. The minimum Gasteiger partial charge on any atom is -0.481 e. The van der Waals surface area contributed by atoms with Crippen LogP contribution in [0.4, 0.5) is 0 Å². The van der Waals surface area contributed by atoms with Gasteiger partial charge in [-0.2, -0.15) is 11.8 Å². The molecule has 0 aliphatic carbocycles. The lowest BCUT2D eigenvalue weighted by Gasteiger charge is -2.18. The molecule has 0 bridgehead atoms. The molecule has 4 nitrogen and oxygen atoms in total. The van der Waals surface area contributed by atoms with Crippen molar-refractivity contribution >= 4 is 23.6 Å². The Morgan fingerprint density at radius 2 is 2.08 bits per heavy atom. The molecule has 5 heteroatoms. The molecule has 76 valence electrons. The van der Waals surface area contributed by atoms with Crippen LogP contribution in [-0.4, -0.2) is 47.5 Å². The van der Waals surface area contributed by atoms with Crippen molar-refractivity contribution in [3.05, 3.63) is 0 Å². The van der Waals surface area contributed by atoms with Crippen LogP contribution in [-0.2, 0) is 9.59 Å². The smallest absolute Gasteiger partial charge is 0.315 e. The first kappa shape index (κ1) is 12.3. The summed E-state index contributed by atoms with van der Waals surface area (Å²) in [4.78, 5) is 23.2. The van der Waals surface area contributed by atoms with Crippen molar-refractivity contribution in [3.8, 4) is 0 Å². The lowest BCUT2D eigenvalue weighted by molar-refractivity contribution is -0.149. The van der Waals surface area contributed by atoms with Crippen molar-refractivity contribution in [3.63, 3.8) is 0 Å². The van der Waals surface area contributed by atoms with Crippen molar-refractivity contribution in [1.82, 2.24) is 4.90 Å². The van der Waals surface area contributed by atoms with E-state index >= 15 is 0 Å². The Balaban J connectivity index is 4.01. The summed E-state index contributed by atoms with van der Waals surface area (Å²) in [5.74, 6) is -1.51. The van der Waals surface area contributed by atoms with E-state index in [1.807, 2.05) is 6.26 Å². The molecule has 1 unspecified atom stereocenters. The average Bonchev–Trinajstić information content (AvgIpc) is 2.11. The number of carbonyl (C=O) groups is 2. The minimum atomic E-state index is -1.07. The third kappa shape index (κ3) is 4.17. The van der Waals surface area contributed by atoms with E-state index in [0.29, 0.717) is 6.54 Å². The highest BCUT2D eigenvalue weighted by atomic mass is 32.2. The first-order chi connectivity index (χ1) is 6.00. The van der Waals surface area contributed by atoms with E-state index in [1.54, 1.807) is 18.8 Å². The molecular formula is C8H15NO3S. The summed E-state index contributed by atoms with van der Waals surface area (Å²) in [7, 11) is 1.62. The zero-order chi connectivity index (χ0) is 10.4. The third-order valence-electron chi connectivity index (χ3n) is 1.75. The van der Waals surface area contributed by atoms with E-state index in [4.69, 9.17) is 5.11 Å². The SMILES string of the molecule is CSCCN(C)C(=O)C(C)C(=O)O. The molecule has 0 saturated carbocycles. The van der Waals surface area contributed by atoms with Gasteiger partial charge < -0.3 is 10.0 Å². The Kier molecular flexibility index (Phi) is 5.53. The fourth-order valence-corrected chi connectivity index (χ4v) is 1.23. The van der Waals surface area contributed by atoms with E-state index in [9.17, 15) is 9.59 Å². The van der Waals surface area contributed by atoms with Crippen LogP contribution in [0.5, 0.6) is 0 Å². The number of aliphatic carboxylic acids is 1. The van der Waals surface area contributed by atoms with Crippen LogP contribution in [0.15, 0.2) is 0 Å². The number of hydrogen-bond acceptors (Lipinski definition) is 3. The highest BCUT2D eigenvalue weighted by Crippen LogP contribution is 2.02. The first-order valence-electron chi connectivity index (χ1n) is 3.97. The van der Waals surface area contributed by atoms with E-state index in [-0.39, 0.29) is 5.91 Å². The van der Waals surface area contributed by atoms with Gasteiger partial charge in [0, 0.05) is 19.3 Å². The van der Waals surface area contributed by atoms with Crippen molar-refractivity contribution in [1.29, 1.82) is 0 Å². The maximum absolute atomic E-state index is 11.3. The van der Waals surface area contributed by atoms with E-state index in [1.165, 1.54) is 11.8 Å². The quantitative estimate of drug-likeness (QED) is 0.665. The summed E-state index contributed by atoms with van der Waals surface area (Å²) < 4.78 is 0. The van der Waals surface area contributed by atoms with Crippen LogP contribution in [0.25, 0.3) is 0 Å². The zero-order valence-corrected chi connectivity index (χ0v) is 8.93. The topological polar surface area (TPSA) is 57.6 Å². The van der Waals surface area contributed by atoms with Gasteiger partial charge in [0.25, 0.3) is 0 Å². The van der Waals surface area contributed by atoms with Gasteiger partial charge in [-0.1, -0.05) is 0 Å². The van der Waals surface area contributed by atoms with E-state index in [0.717, 1.165) is 5.75 Å². The number of amides is 1. The van der Waals surface area contributed by atoms with Crippen LogP contribution in [0.3, 0.4) is 0 Å². The molecule has 0 fully saturated rings. The fraction of sp³-hybridized carbons (Fsp3) is 0.750. The van der Waals surface area contributed by atoms with Gasteiger partial charge in [0.1, 0.15) is 5.92 Å². The molecule has 0 saturated heterocycles. The normalized spacial score (nSPS) is 12.2. The second kappa shape index (κ2) is 5.85. The highest BCUT2D eigenvalue weighted by Gasteiger charge is 2.23. The van der Waals surface area contributed by atoms with Gasteiger partial charge in [-0.3, -0.25) is 9.59 Å². The average molecular weight is 205 g/mol. The van der Waals surface area contributed by atoms with Gasteiger partial charge in [-0.05, 0) is 13.2 Å². The van der Waals surface area contributed by atoms with Gasteiger partial charge >= 0.3 is 5.97 Å². The van der Waals surface area contributed by atoms with Crippen molar-refractivity contribution in [2.75, 3.05) is 25.6 Å². The lowest BCUT2D eigenvalue weighted by atomic mass is 10.1. The number of carboxylic acid groups (broad SMARTS) is 1. The molecule has 0 rings (SSSR count). The monoisotopic (exact) mass is 205 g/mol. The van der Waals surface area contributed by atoms with Crippen molar-refractivity contribution < 1.29 is 14.7 Å². The Hall–Kier alpha value is -0.710. The minimum absolute atomic E-state index is 0.332. The molecule has 0 aromatic rings. The largest absolute Gasteiger partial charge is 0.481 e. The summed E-state index contributed by atoms with van der Waals surface area (Å²) in [5, 5.41) is 8.57. The predicted octanol–water partition coefficient (Wildman–Crippen LogP) is 0.529. The molecule has 1 N–H and O–H groups in total. The van der Waals surface area contributed by atoms with Crippen LogP contribution in [0.2, 0.25) is 0 Å². The van der Waals surface area contributed by atoms with Gasteiger partial charge in [-0.15, -0.1) is 0 Å². The molecule has 0 aliphatic heterocycles. The van der Waals surface area contributed by atoms with Gasteiger partial charge in [0.05, 0.1) is 0 Å². The van der Waals surface area contributed by atoms with Gasteiger partial charge in [0.15, 0.2) is 0 Å². The van der Waals surface area contributed by atoms with Crippen LogP contribution >= 0.6 is 11.8 Å². The predicted molar refractivity (Wildman–Crippen MR) is 52.8 cm³/mol. The van der Waals surface area contributed by atoms with Crippen LogP contribution < -0.4 is 0 Å². The zero-order valence-electron chi connectivity index (χ0n) is 8.11. The molecule has 1 amide bonds. The van der Waals surface area contributed by atoms with E-state index in [2.05, 4.69) is 0 Å².